The summed E-state index contributed by atoms with van der Waals surface area (Å²) >= 11 is 0. The Labute approximate surface area is 216 Å². The van der Waals surface area contributed by atoms with Crippen LogP contribution < -0.4 is 16.1 Å². The number of hydrazone groups is 1. The molecule has 3 aromatic carbocycles. The smallest absolute Gasteiger partial charge is 0.240 e. The number of carbonyl (C=O) groups is 2. The van der Waals surface area contributed by atoms with E-state index in [0.717, 1.165) is 33.2 Å². The molecule has 0 aliphatic carbocycles. The monoisotopic (exact) mass is 510 g/mol. The fourth-order valence-corrected chi connectivity index (χ4v) is 4.11. The van der Waals surface area contributed by atoms with Crippen LogP contribution in [-0.2, 0) is 22.4 Å². The van der Waals surface area contributed by atoms with Gasteiger partial charge in [0.15, 0.2) is 0 Å². The Bertz CT molecular complexity index is 1210. The first kappa shape index (κ1) is 27.3. The average Bonchev–Trinajstić information content (AvgIpc) is 2.87. The summed E-state index contributed by atoms with van der Waals surface area (Å²) < 4.78 is 0. The first-order chi connectivity index (χ1) is 17.0. The Hall–Kier alpha value is -3.30. The number of nitrogens with zero attached hydrogens (tertiary/aromatic N) is 1. The third-order valence-corrected chi connectivity index (χ3v) is 6.03. The maximum Gasteiger partial charge on any atom is 0.240 e. The number of fused-ring (bicyclic) bond motifs is 1. The topological polar surface area (TPSA) is 123 Å². The van der Waals surface area contributed by atoms with Crippen molar-refractivity contribution < 1.29 is 19.8 Å². The lowest BCUT2D eigenvalue weighted by Gasteiger charge is -2.20. The zero-order chi connectivity index (χ0) is 24.6. The highest BCUT2D eigenvalue weighted by atomic mass is 35.5. The quantitative estimate of drug-likeness (QED) is 0.211. The minimum atomic E-state index is -1.11. The first-order valence-corrected chi connectivity index (χ1v) is 11.8. The number of aliphatic hydroxyl groups excluding tert-OH is 2. The number of benzene rings is 3. The number of nitrogens with one attached hydrogen (secondary N) is 3. The van der Waals surface area contributed by atoms with E-state index in [1.54, 1.807) is 0 Å². The van der Waals surface area contributed by atoms with E-state index in [1.807, 2.05) is 66.7 Å². The fourth-order valence-electron chi connectivity index (χ4n) is 4.11. The van der Waals surface area contributed by atoms with Crippen LogP contribution in [0.1, 0.15) is 29.5 Å². The molecule has 0 saturated heterocycles. The first-order valence-electron chi connectivity index (χ1n) is 11.8. The van der Waals surface area contributed by atoms with Crippen molar-refractivity contribution in [3.63, 3.8) is 0 Å². The third-order valence-electron chi connectivity index (χ3n) is 6.03. The Morgan fingerprint density at radius 2 is 1.72 bits per heavy atom. The minimum Gasteiger partial charge on any atom is -0.389 e. The highest BCUT2D eigenvalue weighted by Crippen LogP contribution is 2.20. The van der Waals surface area contributed by atoms with Crippen LogP contribution in [0.2, 0.25) is 0 Å². The molecule has 1 aliphatic rings. The van der Waals surface area contributed by atoms with Gasteiger partial charge in [0.05, 0.1) is 18.2 Å². The van der Waals surface area contributed by atoms with Crippen LogP contribution in [0.5, 0.6) is 0 Å². The molecular weight excluding hydrogens is 480 g/mol. The third kappa shape index (κ3) is 7.35. The van der Waals surface area contributed by atoms with Gasteiger partial charge in [-0.25, -0.2) is 5.43 Å². The van der Waals surface area contributed by atoms with Gasteiger partial charge in [-0.15, -0.1) is 12.4 Å². The summed E-state index contributed by atoms with van der Waals surface area (Å²) in [7, 11) is 0. The van der Waals surface area contributed by atoms with Crippen LogP contribution in [0.25, 0.3) is 10.8 Å². The van der Waals surface area contributed by atoms with Crippen LogP contribution in [0.4, 0.5) is 0 Å². The SMILES string of the molecule is Cl.O=C(Cc1ccc(C2=NNC(=O)CC2)cc1)NCCNC(O)C(O)Cc1cccc2ccccc12. The molecule has 4 rings (SSSR count). The van der Waals surface area contributed by atoms with E-state index in [1.165, 1.54) is 0 Å². The number of aliphatic hydroxyl groups is 2. The summed E-state index contributed by atoms with van der Waals surface area (Å²) in [5.41, 5.74) is 6.07. The van der Waals surface area contributed by atoms with Gasteiger partial charge in [0.25, 0.3) is 0 Å². The Balaban J connectivity index is 0.00000361. The molecule has 3 aromatic rings. The summed E-state index contributed by atoms with van der Waals surface area (Å²) in [5.74, 6) is -0.212. The number of rotatable bonds is 10. The van der Waals surface area contributed by atoms with Crippen molar-refractivity contribution in [1.82, 2.24) is 16.1 Å². The van der Waals surface area contributed by atoms with E-state index in [9.17, 15) is 19.8 Å². The standard InChI is InChI=1S/C27H30N4O4.ClH/c32-24(17-21-6-3-5-19-4-1-2-7-22(19)21)27(35)29-15-14-28-26(34)16-18-8-10-20(11-9-18)23-12-13-25(33)31-30-23;/h1-11,24,27,29,32,35H,12-17H2,(H,28,34)(H,31,33);1H. The number of amides is 2. The molecule has 0 spiro atoms. The minimum absolute atomic E-state index is 0. The number of hydrogen-bond donors (Lipinski definition) is 5. The van der Waals surface area contributed by atoms with Crippen molar-refractivity contribution in [2.24, 2.45) is 5.10 Å². The van der Waals surface area contributed by atoms with Crippen LogP contribution >= 0.6 is 12.4 Å². The predicted octanol–water partition coefficient (Wildman–Crippen LogP) is 2.05. The van der Waals surface area contributed by atoms with E-state index in [4.69, 9.17) is 0 Å². The van der Waals surface area contributed by atoms with Crippen LogP contribution in [0.3, 0.4) is 0 Å². The van der Waals surface area contributed by atoms with E-state index >= 15 is 0 Å². The molecule has 2 atom stereocenters. The van der Waals surface area contributed by atoms with Crippen molar-refractivity contribution in [3.05, 3.63) is 83.4 Å². The highest BCUT2D eigenvalue weighted by Gasteiger charge is 2.17. The Kier molecular flexibility index (Phi) is 9.95. The van der Waals surface area contributed by atoms with Crippen LogP contribution in [-0.4, -0.2) is 53.2 Å². The molecule has 1 heterocycles. The lowest BCUT2D eigenvalue weighted by Crippen LogP contribution is -2.44. The van der Waals surface area contributed by atoms with E-state index in [2.05, 4.69) is 21.2 Å². The van der Waals surface area contributed by atoms with Gasteiger partial charge in [0, 0.05) is 32.4 Å². The van der Waals surface area contributed by atoms with Crippen molar-refractivity contribution in [3.8, 4) is 0 Å². The molecule has 0 saturated carbocycles. The number of carbonyl (C=O) groups excluding carboxylic acids is 2. The van der Waals surface area contributed by atoms with Crippen molar-refractivity contribution in [2.75, 3.05) is 13.1 Å². The molecule has 0 bridgehead atoms. The number of hydrogen-bond acceptors (Lipinski definition) is 6. The molecule has 8 nitrogen and oxygen atoms in total. The zero-order valence-electron chi connectivity index (χ0n) is 19.8. The molecule has 9 heteroatoms. The number of halogens is 1. The molecule has 2 amide bonds. The highest BCUT2D eigenvalue weighted by molar-refractivity contribution is 6.04. The second-order valence-corrected chi connectivity index (χ2v) is 8.63. The summed E-state index contributed by atoms with van der Waals surface area (Å²) in [6, 6.07) is 21.4. The summed E-state index contributed by atoms with van der Waals surface area (Å²) in [5, 5.41) is 32.6. The van der Waals surface area contributed by atoms with Crippen LogP contribution in [0, 0.1) is 0 Å². The summed E-state index contributed by atoms with van der Waals surface area (Å²) in [4.78, 5) is 23.5. The maximum atomic E-state index is 12.3. The zero-order valence-corrected chi connectivity index (χ0v) is 20.6. The van der Waals surface area contributed by atoms with Gasteiger partial charge >= 0.3 is 0 Å². The Morgan fingerprint density at radius 1 is 0.972 bits per heavy atom. The molecule has 0 radical (unpaired) electrons. The average molecular weight is 511 g/mol. The second-order valence-electron chi connectivity index (χ2n) is 8.63. The van der Waals surface area contributed by atoms with E-state index in [-0.39, 0.29) is 30.6 Å². The fraction of sp³-hybridized carbons (Fsp3) is 0.296. The normalized spacial score (nSPS) is 14.8. The molecule has 190 valence electrons. The van der Waals surface area contributed by atoms with Gasteiger partial charge in [-0.3, -0.25) is 14.9 Å². The van der Waals surface area contributed by atoms with Gasteiger partial charge in [0.2, 0.25) is 11.8 Å². The van der Waals surface area contributed by atoms with Gasteiger partial charge in [0.1, 0.15) is 6.23 Å². The van der Waals surface area contributed by atoms with Gasteiger partial charge in [-0.2, -0.15) is 5.10 Å². The molecule has 0 aromatic heterocycles. The van der Waals surface area contributed by atoms with Crippen molar-refractivity contribution in [1.29, 1.82) is 0 Å². The predicted molar refractivity (Wildman–Crippen MR) is 142 cm³/mol. The lowest BCUT2D eigenvalue weighted by molar-refractivity contribution is -0.121. The summed E-state index contributed by atoms with van der Waals surface area (Å²) in [6.45, 7) is 0.648. The largest absolute Gasteiger partial charge is 0.389 e. The van der Waals surface area contributed by atoms with Gasteiger partial charge < -0.3 is 15.5 Å². The molecule has 0 fully saturated rings. The molecular formula is C27H31ClN4O4. The molecule has 5 N–H and O–H groups in total. The lowest BCUT2D eigenvalue weighted by atomic mass is 9.99. The molecule has 36 heavy (non-hydrogen) atoms. The second kappa shape index (κ2) is 13.1. The van der Waals surface area contributed by atoms with E-state index in [0.29, 0.717) is 32.4 Å². The summed E-state index contributed by atoms with van der Waals surface area (Å²) in [6.07, 6.45) is -0.512. The van der Waals surface area contributed by atoms with Gasteiger partial charge in [-0.1, -0.05) is 66.7 Å². The van der Waals surface area contributed by atoms with Gasteiger partial charge in [-0.05, 0) is 27.5 Å². The van der Waals surface area contributed by atoms with Crippen molar-refractivity contribution >= 4 is 40.7 Å². The van der Waals surface area contributed by atoms with Crippen molar-refractivity contribution in [2.45, 2.75) is 38.0 Å². The maximum absolute atomic E-state index is 12.3. The molecule has 1 aliphatic heterocycles. The van der Waals surface area contributed by atoms with E-state index < -0.39 is 12.3 Å². The van der Waals surface area contributed by atoms with Crippen LogP contribution in [0.15, 0.2) is 71.8 Å². The Morgan fingerprint density at radius 3 is 2.47 bits per heavy atom. The molecule has 2 unspecified atom stereocenters.